The Kier molecular flexibility index (Phi) is 6.60. The summed E-state index contributed by atoms with van der Waals surface area (Å²) < 4.78 is 0. The van der Waals surface area contributed by atoms with E-state index in [1.54, 1.807) is 0 Å². The van der Waals surface area contributed by atoms with E-state index in [4.69, 9.17) is 0 Å². The van der Waals surface area contributed by atoms with Crippen molar-refractivity contribution in [2.45, 2.75) is 0 Å². The van der Waals surface area contributed by atoms with Gasteiger partial charge >= 0.3 is 0 Å². The molecule has 0 N–H and O–H groups in total. The Morgan fingerprint density at radius 3 is 1.18 bits per heavy atom. The third-order valence-electron chi connectivity index (χ3n) is 10.4. The lowest BCUT2D eigenvalue weighted by molar-refractivity contribution is 1.58. The Hall–Kier alpha value is -6.50. The molecule has 0 fully saturated rings. The summed E-state index contributed by atoms with van der Waals surface area (Å²) in [6.07, 6.45) is 0. The SMILES string of the molecule is c1ccc(-c2cc(-c3ccccc3)cc(-c3ccc4ccc5c(-c6cc7ccccc7cc6-c6ccccc6)ccc6ccc3c4c65)c2)cc1. The van der Waals surface area contributed by atoms with Crippen LogP contribution in [0, 0.1) is 0 Å². The molecule has 0 radical (unpaired) electrons. The fourth-order valence-corrected chi connectivity index (χ4v) is 7.98. The molecule has 10 aromatic rings. The van der Waals surface area contributed by atoms with Crippen LogP contribution in [0.5, 0.6) is 0 Å². The molecule has 0 saturated carbocycles. The first kappa shape index (κ1) is 28.5. The maximum atomic E-state index is 2.38. The van der Waals surface area contributed by atoms with Crippen molar-refractivity contribution in [3.8, 4) is 55.6 Å². The smallest absolute Gasteiger partial charge is 0.00203 e. The van der Waals surface area contributed by atoms with E-state index in [0.717, 1.165) is 0 Å². The van der Waals surface area contributed by atoms with E-state index in [-0.39, 0.29) is 0 Å². The van der Waals surface area contributed by atoms with Crippen LogP contribution in [0.3, 0.4) is 0 Å². The summed E-state index contributed by atoms with van der Waals surface area (Å²) in [6, 6.07) is 71.4. The molecule has 0 heterocycles. The Labute approximate surface area is 291 Å². The van der Waals surface area contributed by atoms with Crippen molar-refractivity contribution in [1.29, 1.82) is 0 Å². The standard InChI is InChI=1S/C50H32/c1-4-12-33(13-5-1)40-28-41(34-14-6-2-7-15-34)30-42(29-40)43-24-20-36-23-27-46-44(25-21-37-22-26-45(43)49(36)50(37)46)48-32-39-19-11-10-18-38(39)31-47(48)35-16-8-3-9-17-35/h1-32H. The van der Waals surface area contributed by atoms with Crippen LogP contribution in [0.25, 0.3) is 98.7 Å². The highest BCUT2D eigenvalue weighted by Crippen LogP contribution is 2.45. The van der Waals surface area contributed by atoms with Crippen LogP contribution in [0.15, 0.2) is 194 Å². The number of fused-ring (bicyclic) bond motifs is 1. The van der Waals surface area contributed by atoms with Crippen molar-refractivity contribution in [3.05, 3.63) is 194 Å². The Bertz CT molecular complexity index is 2770. The highest BCUT2D eigenvalue weighted by Gasteiger charge is 2.18. The molecule has 0 atom stereocenters. The Balaban J connectivity index is 1.24. The van der Waals surface area contributed by atoms with Gasteiger partial charge in [-0.05, 0) is 129 Å². The van der Waals surface area contributed by atoms with Crippen LogP contribution in [-0.4, -0.2) is 0 Å². The summed E-state index contributed by atoms with van der Waals surface area (Å²) in [4.78, 5) is 0. The van der Waals surface area contributed by atoms with E-state index >= 15 is 0 Å². The van der Waals surface area contributed by atoms with Crippen LogP contribution >= 0.6 is 0 Å². The highest BCUT2D eigenvalue weighted by atomic mass is 14.2. The maximum absolute atomic E-state index is 2.38. The van der Waals surface area contributed by atoms with E-state index in [0.29, 0.717) is 0 Å². The molecule has 0 nitrogen and oxygen atoms in total. The average Bonchev–Trinajstić information content (AvgIpc) is 3.20. The minimum Gasteiger partial charge on any atom is -0.0622 e. The molecule has 0 heteroatoms. The minimum atomic E-state index is 1.22. The summed E-state index contributed by atoms with van der Waals surface area (Å²) in [5.74, 6) is 0. The lowest BCUT2D eigenvalue weighted by Gasteiger charge is -2.19. The zero-order valence-electron chi connectivity index (χ0n) is 27.5. The predicted octanol–water partition coefficient (Wildman–Crippen LogP) is 14.1. The van der Waals surface area contributed by atoms with E-state index in [2.05, 4.69) is 194 Å². The number of hydrogen-bond acceptors (Lipinski definition) is 0. The predicted molar refractivity (Wildman–Crippen MR) is 215 cm³/mol. The second-order valence-electron chi connectivity index (χ2n) is 13.3. The lowest BCUT2D eigenvalue weighted by Crippen LogP contribution is -1.92. The molecular weight excluding hydrogens is 601 g/mol. The van der Waals surface area contributed by atoms with Gasteiger partial charge in [-0.3, -0.25) is 0 Å². The summed E-state index contributed by atoms with van der Waals surface area (Å²) in [7, 11) is 0. The van der Waals surface area contributed by atoms with Gasteiger partial charge in [0, 0.05) is 0 Å². The van der Waals surface area contributed by atoms with Crippen LogP contribution in [-0.2, 0) is 0 Å². The molecule has 0 aliphatic rings. The summed E-state index contributed by atoms with van der Waals surface area (Å²) >= 11 is 0. The highest BCUT2D eigenvalue weighted by molar-refractivity contribution is 6.28. The van der Waals surface area contributed by atoms with Crippen LogP contribution in [0.1, 0.15) is 0 Å². The normalized spacial score (nSPS) is 11.6. The van der Waals surface area contributed by atoms with Gasteiger partial charge in [-0.15, -0.1) is 0 Å². The molecule has 0 unspecified atom stereocenters. The molecule has 232 valence electrons. The van der Waals surface area contributed by atoms with Crippen molar-refractivity contribution in [1.82, 2.24) is 0 Å². The van der Waals surface area contributed by atoms with E-state index in [1.165, 1.54) is 98.7 Å². The van der Waals surface area contributed by atoms with Gasteiger partial charge in [0.05, 0.1) is 0 Å². The second-order valence-corrected chi connectivity index (χ2v) is 13.3. The molecule has 0 saturated heterocycles. The third-order valence-corrected chi connectivity index (χ3v) is 10.4. The Morgan fingerprint density at radius 1 is 0.200 bits per heavy atom. The average molecular weight is 633 g/mol. The van der Waals surface area contributed by atoms with Crippen LogP contribution in [0.2, 0.25) is 0 Å². The zero-order chi connectivity index (χ0) is 33.0. The fraction of sp³-hybridized carbons (Fsp3) is 0. The number of benzene rings is 10. The van der Waals surface area contributed by atoms with Gasteiger partial charge in [0.2, 0.25) is 0 Å². The zero-order valence-corrected chi connectivity index (χ0v) is 27.5. The minimum absolute atomic E-state index is 1.22. The Morgan fingerprint density at radius 2 is 0.620 bits per heavy atom. The molecule has 0 aliphatic carbocycles. The van der Waals surface area contributed by atoms with E-state index in [9.17, 15) is 0 Å². The van der Waals surface area contributed by atoms with Crippen molar-refractivity contribution in [2.75, 3.05) is 0 Å². The number of hydrogen-bond donors (Lipinski definition) is 0. The van der Waals surface area contributed by atoms with E-state index < -0.39 is 0 Å². The van der Waals surface area contributed by atoms with E-state index in [1.807, 2.05) is 0 Å². The number of rotatable bonds is 5. The molecule has 10 rings (SSSR count). The van der Waals surface area contributed by atoms with Crippen molar-refractivity contribution >= 4 is 43.1 Å². The third kappa shape index (κ3) is 4.69. The fourth-order valence-electron chi connectivity index (χ4n) is 7.98. The van der Waals surface area contributed by atoms with Gasteiger partial charge in [-0.25, -0.2) is 0 Å². The second kappa shape index (κ2) is 11.6. The molecule has 0 amide bonds. The molecule has 0 spiro atoms. The van der Waals surface area contributed by atoms with Gasteiger partial charge < -0.3 is 0 Å². The topological polar surface area (TPSA) is 0 Å². The molecule has 0 aliphatic heterocycles. The summed E-state index contributed by atoms with van der Waals surface area (Å²) in [5, 5.41) is 10.3. The van der Waals surface area contributed by atoms with Crippen molar-refractivity contribution in [2.24, 2.45) is 0 Å². The molecule has 10 aromatic carbocycles. The molecule has 0 aromatic heterocycles. The quantitative estimate of drug-likeness (QED) is 0.166. The molecular formula is C50H32. The van der Waals surface area contributed by atoms with Gasteiger partial charge in [0.1, 0.15) is 0 Å². The van der Waals surface area contributed by atoms with Gasteiger partial charge in [0.25, 0.3) is 0 Å². The lowest BCUT2D eigenvalue weighted by atomic mass is 9.84. The van der Waals surface area contributed by atoms with Gasteiger partial charge in [-0.1, -0.05) is 164 Å². The molecule has 50 heavy (non-hydrogen) atoms. The maximum Gasteiger partial charge on any atom is -0.00203 e. The summed E-state index contributed by atoms with van der Waals surface area (Å²) in [6.45, 7) is 0. The first-order valence-corrected chi connectivity index (χ1v) is 17.3. The summed E-state index contributed by atoms with van der Waals surface area (Å²) in [5.41, 5.74) is 12.4. The van der Waals surface area contributed by atoms with Gasteiger partial charge in [-0.2, -0.15) is 0 Å². The van der Waals surface area contributed by atoms with Crippen LogP contribution in [0.4, 0.5) is 0 Å². The van der Waals surface area contributed by atoms with Crippen molar-refractivity contribution < 1.29 is 0 Å². The van der Waals surface area contributed by atoms with Crippen LogP contribution < -0.4 is 0 Å². The van der Waals surface area contributed by atoms with Gasteiger partial charge in [0.15, 0.2) is 0 Å². The first-order valence-electron chi connectivity index (χ1n) is 17.3. The monoisotopic (exact) mass is 632 g/mol. The molecule has 0 bridgehead atoms. The van der Waals surface area contributed by atoms with Crippen molar-refractivity contribution in [3.63, 3.8) is 0 Å². The first-order chi connectivity index (χ1) is 24.8. The largest absolute Gasteiger partial charge is 0.0622 e.